The molecule has 0 unspecified atom stereocenters. The quantitative estimate of drug-likeness (QED) is 0.759. The van der Waals surface area contributed by atoms with E-state index in [1.807, 2.05) is 49.4 Å². The number of carbonyl (C=O) groups is 1. The molecule has 2 rings (SSSR count). The third-order valence-electron chi connectivity index (χ3n) is 3.10. The minimum atomic E-state index is -0.112. The largest absolute Gasteiger partial charge is 0.483 e. The number of carbonyl (C=O) groups excluding carboxylic acids is 1. The Morgan fingerprint density at radius 1 is 1.14 bits per heavy atom. The average molecular weight is 287 g/mol. The standard InChI is InChI=1S/C17H21NO3/c1-2-20-12-6-11-18-17(19)13-21-16-10-5-8-14-7-3-4-9-15(14)16/h3-5,7-10H,2,6,11-13H2,1H3,(H,18,19). The summed E-state index contributed by atoms with van der Waals surface area (Å²) < 4.78 is 10.8. The highest BCUT2D eigenvalue weighted by molar-refractivity contribution is 5.88. The Kier molecular flexibility index (Phi) is 6.03. The van der Waals surface area contributed by atoms with Gasteiger partial charge in [0.05, 0.1) is 0 Å². The molecule has 0 aliphatic heterocycles. The number of rotatable bonds is 8. The molecule has 2 aromatic rings. The summed E-state index contributed by atoms with van der Waals surface area (Å²) in [7, 11) is 0. The summed E-state index contributed by atoms with van der Waals surface area (Å²) in [6.07, 6.45) is 0.813. The van der Waals surface area contributed by atoms with Crippen molar-refractivity contribution in [3.63, 3.8) is 0 Å². The molecule has 2 aromatic carbocycles. The van der Waals surface area contributed by atoms with Gasteiger partial charge < -0.3 is 14.8 Å². The van der Waals surface area contributed by atoms with Gasteiger partial charge >= 0.3 is 0 Å². The fourth-order valence-electron chi connectivity index (χ4n) is 2.06. The molecule has 0 fully saturated rings. The van der Waals surface area contributed by atoms with E-state index in [4.69, 9.17) is 9.47 Å². The van der Waals surface area contributed by atoms with Gasteiger partial charge in [-0.1, -0.05) is 36.4 Å². The Labute approximate surface area is 125 Å². The molecule has 0 radical (unpaired) electrons. The van der Waals surface area contributed by atoms with Crippen molar-refractivity contribution in [1.82, 2.24) is 5.32 Å². The molecule has 0 saturated carbocycles. The predicted molar refractivity (Wildman–Crippen MR) is 83.6 cm³/mol. The molecule has 4 nitrogen and oxygen atoms in total. The van der Waals surface area contributed by atoms with Gasteiger partial charge in [0.25, 0.3) is 5.91 Å². The van der Waals surface area contributed by atoms with Gasteiger partial charge in [-0.3, -0.25) is 4.79 Å². The van der Waals surface area contributed by atoms with Crippen LogP contribution in [-0.4, -0.2) is 32.3 Å². The first-order valence-corrected chi connectivity index (χ1v) is 7.26. The number of benzene rings is 2. The van der Waals surface area contributed by atoms with Crippen LogP contribution in [0, 0.1) is 0 Å². The number of hydrogen-bond donors (Lipinski definition) is 1. The number of fused-ring (bicyclic) bond motifs is 1. The molecule has 1 amide bonds. The fourth-order valence-corrected chi connectivity index (χ4v) is 2.06. The van der Waals surface area contributed by atoms with Crippen molar-refractivity contribution >= 4 is 16.7 Å². The van der Waals surface area contributed by atoms with Gasteiger partial charge in [0.15, 0.2) is 6.61 Å². The summed E-state index contributed by atoms with van der Waals surface area (Å²) in [6, 6.07) is 13.8. The molecule has 0 aliphatic carbocycles. The number of amides is 1. The Bertz CT molecular complexity index is 578. The van der Waals surface area contributed by atoms with Crippen LogP contribution in [0.2, 0.25) is 0 Å². The molecule has 4 heteroatoms. The van der Waals surface area contributed by atoms with Crippen LogP contribution in [0.5, 0.6) is 5.75 Å². The van der Waals surface area contributed by atoms with Crippen LogP contribution in [0.15, 0.2) is 42.5 Å². The lowest BCUT2D eigenvalue weighted by Gasteiger charge is -2.09. The smallest absolute Gasteiger partial charge is 0.257 e. The zero-order valence-corrected chi connectivity index (χ0v) is 12.3. The van der Waals surface area contributed by atoms with E-state index in [1.165, 1.54) is 0 Å². The van der Waals surface area contributed by atoms with E-state index in [1.54, 1.807) is 0 Å². The molecule has 0 atom stereocenters. The lowest BCUT2D eigenvalue weighted by Crippen LogP contribution is -2.30. The van der Waals surface area contributed by atoms with Gasteiger partial charge in [0.2, 0.25) is 0 Å². The molecule has 0 aliphatic rings. The second-order valence-electron chi connectivity index (χ2n) is 4.67. The Morgan fingerprint density at radius 2 is 1.95 bits per heavy atom. The molecule has 0 spiro atoms. The van der Waals surface area contributed by atoms with Crippen LogP contribution < -0.4 is 10.1 Å². The van der Waals surface area contributed by atoms with Crippen molar-refractivity contribution in [2.24, 2.45) is 0 Å². The highest BCUT2D eigenvalue weighted by Gasteiger charge is 2.05. The molecule has 1 N–H and O–H groups in total. The van der Waals surface area contributed by atoms with Crippen LogP contribution in [0.1, 0.15) is 13.3 Å². The van der Waals surface area contributed by atoms with Gasteiger partial charge in [0.1, 0.15) is 5.75 Å². The maximum atomic E-state index is 11.7. The maximum absolute atomic E-state index is 11.7. The van der Waals surface area contributed by atoms with E-state index in [0.717, 1.165) is 22.9 Å². The Hall–Kier alpha value is -2.07. The van der Waals surface area contributed by atoms with Crippen LogP contribution in [0.25, 0.3) is 10.8 Å². The van der Waals surface area contributed by atoms with Gasteiger partial charge in [-0.25, -0.2) is 0 Å². The van der Waals surface area contributed by atoms with Crippen LogP contribution in [0.3, 0.4) is 0 Å². The zero-order chi connectivity index (χ0) is 14.9. The van der Waals surface area contributed by atoms with E-state index in [0.29, 0.717) is 19.8 Å². The lowest BCUT2D eigenvalue weighted by atomic mass is 10.1. The SMILES string of the molecule is CCOCCCNC(=O)COc1cccc2ccccc12. The van der Waals surface area contributed by atoms with Crippen LogP contribution in [0.4, 0.5) is 0 Å². The van der Waals surface area contributed by atoms with Gasteiger partial charge in [-0.05, 0) is 24.8 Å². The monoisotopic (exact) mass is 287 g/mol. The first kappa shape index (κ1) is 15.3. The predicted octanol–water partition coefficient (Wildman–Crippen LogP) is 2.76. The summed E-state index contributed by atoms with van der Waals surface area (Å²) in [6.45, 7) is 3.97. The average Bonchev–Trinajstić information content (AvgIpc) is 2.52. The minimum absolute atomic E-state index is 0.0304. The topological polar surface area (TPSA) is 47.6 Å². The third-order valence-corrected chi connectivity index (χ3v) is 3.10. The molecule has 0 bridgehead atoms. The van der Waals surface area contributed by atoms with E-state index in [9.17, 15) is 4.79 Å². The highest BCUT2D eigenvalue weighted by atomic mass is 16.5. The summed E-state index contributed by atoms with van der Waals surface area (Å²) >= 11 is 0. The summed E-state index contributed by atoms with van der Waals surface area (Å²) in [5.41, 5.74) is 0. The van der Waals surface area contributed by atoms with Crippen LogP contribution >= 0.6 is 0 Å². The number of nitrogens with one attached hydrogen (secondary N) is 1. The normalized spacial score (nSPS) is 10.5. The van der Waals surface area contributed by atoms with Crippen molar-refractivity contribution in [2.45, 2.75) is 13.3 Å². The van der Waals surface area contributed by atoms with E-state index in [2.05, 4.69) is 5.32 Å². The van der Waals surface area contributed by atoms with Crippen molar-refractivity contribution in [1.29, 1.82) is 0 Å². The summed E-state index contributed by atoms with van der Waals surface area (Å²) in [5, 5.41) is 4.94. The van der Waals surface area contributed by atoms with Gasteiger partial charge in [-0.15, -0.1) is 0 Å². The van der Waals surface area contributed by atoms with Crippen molar-refractivity contribution in [3.05, 3.63) is 42.5 Å². The molecule has 0 saturated heterocycles. The van der Waals surface area contributed by atoms with Crippen molar-refractivity contribution in [2.75, 3.05) is 26.4 Å². The van der Waals surface area contributed by atoms with Crippen molar-refractivity contribution < 1.29 is 14.3 Å². The second kappa shape index (κ2) is 8.27. The van der Waals surface area contributed by atoms with E-state index < -0.39 is 0 Å². The second-order valence-corrected chi connectivity index (χ2v) is 4.67. The first-order valence-electron chi connectivity index (χ1n) is 7.26. The molecule has 21 heavy (non-hydrogen) atoms. The summed E-state index contributed by atoms with van der Waals surface area (Å²) in [4.78, 5) is 11.7. The van der Waals surface area contributed by atoms with Crippen molar-refractivity contribution in [3.8, 4) is 5.75 Å². The molecular formula is C17H21NO3. The van der Waals surface area contributed by atoms with Gasteiger partial charge in [0, 0.05) is 25.1 Å². The Morgan fingerprint density at radius 3 is 2.81 bits per heavy atom. The lowest BCUT2D eigenvalue weighted by molar-refractivity contribution is -0.123. The first-order chi connectivity index (χ1) is 10.3. The number of hydrogen-bond acceptors (Lipinski definition) is 3. The molecular weight excluding hydrogens is 266 g/mol. The molecule has 0 heterocycles. The van der Waals surface area contributed by atoms with Gasteiger partial charge in [-0.2, -0.15) is 0 Å². The Balaban J connectivity index is 1.80. The highest BCUT2D eigenvalue weighted by Crippen LogP contribution is 2.24. The maximum Gasteiger partial charge on any atom is 0.257 e. The van der Waals surface area contributed by atoms with Crippen LogP contribution in [-0.2, 0) is 9.53 Å². The third kappa shape index (κ3) is 4.76. The summed E-state index contributed by atoms with van der Waals surface area (Å²) in [5.74, 6) is 0.622. The zero-order valence-electron chi connectivity index (χ0n) is 12.3. The fraction of sp³-hybridized carbons (Fsp3) is 0.353. The van der Waals surface area contributed by atoms with E-state index >= 15 is 0 Å². The van der Waals surface area contributed by atoms with E-state index in [-0.39, 0.29) is 12.5 Å². The minimum Gasteiger partial charge on any atom is -0.483 e. The number of ether oxygens (including phenoxy) is 2. The molecule has 112 valence electrons. The molecule has 0 aromatic heterocycles.